The van der Waals surface area contributed by atoms with E-state index in [9.17, 15) is 13.2 Å². The van der Waals surface area contributed by atoms with Crippen LogP contribution in [0.5, 0.6) is 0 Å². The Morgan fingerprint density at radius 2 is 1.79 bits per heavy atom. The van der Waals surface area contributed by atoms with Gasteiger partial charge in [0.05, 0.1) is 4.90 Å². The molecule has 7 heteroatoms. The lowest BCUT2D eigenvalue weighted by Crippen LogP contribution is -2.23. The first kappa shape index (κ1) is 21.0. The van der Waals surface area contributed by atoms with Gasteiger partial charge in [-0.15, -0.1) is 0 Å². The third-order valence-corrected chi connectivity index (χ3v) is 6.03. The molecule has 0 unspecified atom stereocenters. The van der Waals surface area contributed by atoms with E-state index in [0.29, 0.717) is 17.1 Å². The minimum Gasteiger partial charge on any atom is -0.348 e. The van der Waals surface area contributed by atoms with Crippen LogP contribution in [0.2, 0.25) is 5.02 Å². The van der Waals surface area contributed by atoms with E-state index >= 15 is 0 Å². The van der Waals surface area contributed by atoms with Crippen LogP contribution >= 0.6 is 11.6 Å². The van der Waals surface area contributed by atoms with Gasteiger partial charge < -0.3 is 5.32 Å². The number of nitrogens with zero attached hydrogens (tertiary/aromatic N) is 1. The summed E-state index contributed by atoms with van der Waals surface area (Å²) >= 11 is 6.10. The van der Waals surface area contributed by atoms with Crippen molar-refractivity contribution in [3.05, 3.63) is 82.1 Å². The zero-order valence-electron chi connectivity index (χ0n) is 16.4. The van der Waals surface area contributed by atoms with Gasteiger partial charge in [0.15, 0.2) is 9.84 Å². The van der Waals surface area contributed by atoms with Gasteiger partial charge in [-0.1, -0.05) is 23.7 Å². The van der Waals surface area contributed by atoms with Gasteiger partial charge in [-0.3, -0.25) is 9.78 Å². The Morgan fingerprint density at radius 3 is 2.41 bits per heavy atom. The lowest BCUT2D eigenvalue weighted by atomic mass is 10.0. The summed E-state index contributed by atoms with van der Waals surface area (Å²) in [5.41, 5.74) is 4.31. The molecule has 5 nitrogen and oxygen atoms in total. The summed E-state index contributed by atoms with van der Waals surface area (Å²) < 4.78 is 24.3. The summed E-state index contributed by atoms with van der Waals surface area (Å²) in [6, 6.07) is 13.8. The molecule has 1 aromatic heterocycles. The maximum absolute atomic E-state index is 12.7. The maximum Gasteiger partial charge on any atom is 0.251 e. The number of carbonyl (C=O) groups is 1. The molecule has 2 aromatic carbocycles. The molecule has 0 saturated carbocycles. The first-order valence-electron chi connectivity index (χ1n) is 8.95. The van der Waals surface area contributed by atoms with Crippen LogP contribution < -0.4 is 5.32 Å². The van der Waals surface area contributed by atoms with Crippen molar-refractivity contribution in [1.29, 1.82) is 0 Å². The summed E-state index contributed by atoms with van der Waals surface area (Å²) in [5.74, 6) is -0.358. The fourth-order valence-electron chi connectivity index (χ4n) is 2.82. The molecule has 150 valence electrons. The molecule has 0 saturated heterocycles. The molecule has 0 atom stereocenters. The molecule has 1 N–H and O–H groups in total. The van der Waals surface area contributed by atoms with Crippen LogP contribution in [0.1, 0.15) is 27.2 Å². The molecule has 0 aliphatic rings. The second-order valence-electron chi connectivity index (χ2n) is 6.97. The van der Waals surface area contributed by atoms with Crippen LogP contribution in [-0.2, 0) is 16.4 Å². The first-order chi connectivity index (χ1) is 13.6. The van der Waals surface area contributed by atoms with Crippen LogP contribution in [-0.4, -0.2) is 25.6 Å². The predicted octanol–water partition coefficient (Wildman–Crippen LogP) is 4.35. The maximum atomic E-state index is 12.7. The highest BCUT2D eigenvalue weighted by molar-refractivity contribution is 7.90. The van der Waals surface area contributed by atoms with Crippen LogP contribution in [0.15, 0.2) is 59.6 Å². The highest BCUT2D eigenvalue weighted by Gasteiger charge is 2.15. The fraction of sp³-hybridized carbons (Fsp3) is 0.182. The summed E-state index contributed by atoms with van der Waals surface area (Å²) in [5, 5.41) is 3.44. The van der Waals surface area contributed by atoms with Crippen molar-refractivity contribution >= 4 is 27.3 Å². The molecule has 0 aliphatic heterocycles. The normalized spacial score (nSPS) is 11.3. The van der Waals surface area contributed by atoms with E-state index in [1.165, 1.54) is 6.07 Å². The van der Waals surface area contributed by atoms with E-state index in [4.69, 9.17) is 11.6 Å². The topological polar surface area (TPSA) is 76.1 Å². The van der Waals surface area contributed by atoms with Crippen molar-refractivity contribution in [3.63, 3.8) is 0 Å². The van der Waals surface area contributed by atoms with Crippen molar-refractivity contribution in [2.75, 3.05) is 6.26 Å². The van der Waals surface area contributed by atoms with E-state index in [2.05, 4.69) is 10.3 Å². The van der Waals surface area contributed by atoms with Gasteiger partial charge in [-0.2, -0.15) is 0 Å². The van der Waals surface area contributed by atoms with Crippen molar-refractivity contribution in [2.45, 2.75) is 25.3 Å². The van der Waals surface area contributed by atoms with E-state index < -0.39 is 9.84 Å². The monoisotopic (exact) mass is 428 g/mol. The zero-order valence-corrected chi connectivity index (χ0v) is 17.9. The first-order valence-corrected chi connectivity index (χ1v) is 11.2. The number of hydrogen-bond donors (Lipinski definition) is 1. The second kappa shape index (κ2) is 8.35. The van der Waals surface area contributed by atoms with Crippen LogP contribution in [0, 0.1) is 13.8 Å². The SMILES string of the molecule is Cc1ccc(CNC(=O)c2cc(-c3ccc(Cl)c(C)c3)cc(S(C)(=O)=O)c2)cn1. The molecule has 1 heterocycles. The molecule has 29 heavy (non-hydrogen) atoms. The van der Waals surface area contributed by atoms with Gasteiger partial charge in [0, 0.05) is 35.3 Å². The number of carbonyl (C=O) groups excluding carboxylic acids is 1. The molecule has 1 amide bonds. The number of nitrogens with one attached hydrogen (secondary N) is 1. The summed E-state index contributed by atoms with van der Waals surface area (Å²) in [6.07, 6.45) is 2.82. The molecular formula is C22H21ClN2O3S. The Bertz CT molecular complexity index is 1170. The Labute approximate surface area is 175 Å². The Hall–Kier alpha value is -2.70. The fourth-order valence-corrected chi connectivity index (χ4v) is 3.62. The Kier molecular flexibility index (Phi) is 6.05. The van der Waals surface area contributed by atoms with Gasteiger partial charge in [0.25, 0.3) is 5.91 Å². The number of rotatable bonds is 5. The van der Waals surface area contributed by atoms with Gasteiger partial charge in [0.2, 0.25) is 0 Å². The Morgan fingerprint density at radius 1 is 1.03 bits per heavy atom. The van der Waals surface area contributed by atoms with Gasteiger partial charge in [0.1, 0.15) is 0 Å². The Balaban J connectivity index is 1.95. The summed E-state index contributed by atoms with van der Waals surface area (Å²) in [7, 11) is -3.50. The highest BCUT2D eigenvalue weighted by Crippen LogP contribution is 2.28. The van der Waals surface area contributed by atoms with Crippen molar-refractivity contribution in [2.24, 2.45) is 0 Å². The smallest absolute Gasteiger partial charge is 0.251 e. The van der Waals surface area contributed by atoms with Gasteiger partial charge in [-0.05, 0) is 72.5 Å². The molecule has 0 radical (unpaired) electrons. The van der Waals surface area contributed by atoms with Crippen molar-refractivity contribution < 1.29 is 13.2 Å². The number of aryl methyl sites for hydroxylation is 2. The molecule has 0 aliphatic carbocycles. The third kappa shape index (κ3) is 5.22. The molecule has 0 fully saturated rings. The number of hydrogen-bond acceptors (Lipinski definition) is 4. The lowest BCUT2D eigenvalue weighted by Gasteiger charge is -2.11. The zero-order chi connectivity index (χ0) is 21.2. The quantitative estimate of drug-likeness (QED) is 0.655. The van der Waals surface area contributed by atoms with E-state index in [-0.39, 0.29) is 16.4 Å². The van der Waals surface area contributed by atoms with Crippen LogP contribution in [0.25, 0.3) is 11.1 Å². The largest absolute Gasteiger partial charge is 0.348 e. The van der Waals surface area contributed by atoms with E-state index in [1.54, 1.807) is 30.5 Å². The standard InChI is InChI=1S/C22H21ClN2O3S/c1-14-8-17(6-7-21(14)23)18-9-19(11-20(10-18)29(3,27)28)22(26)25-13-16-5-4-15(2)24-12-16/h4-12H,13H2,1-3H3,(H,25,26). The number of sulfone groups is 1. The number of amides is 1. The summed E-state index contributed by atoms with van der Waals surface area (Å²) in [6.45, 7) is 4.05. The minimum atomic E-state index is -3.50. The number of halogens is 1. The molecule has 3 rings (SSSR count). The average Bonchev–Trinajstić information content (AvgIpc) is 2.68. The van der Waals surface area contributed by atoms with Crippen LogP contribution in [0.4, 0.5) is 0 Å². The molecule has 0 bridgehead atoms. The lowest BCUT2D eigenvalue weighted by molar-refractivity contribution is 0.0950. The predicted molar refractivity (Wildman–Crippen MR) is 115 cm³/mol. The van der Waals surface area contributed by atoms with Crippen molar-refractivity contribution in [1.82, 2.24) is 10.3 Å². The number of pyridine rings is 1. The van der Waals surface area contributed by atoms with Crippen LogP contribution in [0.3, 0.4) is 0 Å². The summed E-state index contributed by atoms with van der Waals surface area (Å²) in [4.78, 5) is 17.0. The highest BCUT2D eigenvalue weighted by atomic mass is 35.5. The van der Waals surface area contributed by atoms with Gasteiger partial charge >= 0.3 is 0 Å². The molecule has 0 spiro atoms. The minimum absolute atomic E-state index is 0.0877. The molecular weight excluding hydrogens is 408 g/mol. The third-order valence-electron chi connectivity index (χ3n) is 4.51. The molecule has 3 aromatic rings. The number of aromatic nitrogens is 1. The van der Waals surface area contributed by atoms with Crippen molar-refractivity contribution in [3.8, 4) is 11.1 Å². The average molecular weight is 429 g/mol. The second-order valence-corrected chi connectivity index (χ2v) is 9.40. The van der Waals surface area contributed by atoms with E-state index in [1.807, 2.05) is 32.0 Å². The van der Waals surface area contributed by atoms with Gasteiger partial charge in [-0.25, -0.2) is 8.42 Å². The number of benzene rings is 2. The van der Waals surface area contributed by atoms with E-state index in [0.717, 1.165) is 28.6 Å².